The van der Waals surface area contributed by atoms with Gasteiger partial charge in [0.15, 0.2) is 0 Å². The molecule has 0 amide bonds. The van der Waals surface area contributed by atoms with Crippen molar-refractivity contribution in [1.82, 2.24) is 0 Å². The highest BCUT2D eigenvalue weighted by Gasteiger charge is 2.16. The summed E-state index contributed by atoms with van der Waals surface area (Å²) in [6, 6.07) is 59.1. The fraction of sp³-hybridized carbons (Fsp3) is 0.0345. The summed E-state index contributed by atoms with van der Waals surface area (Å²) in [6.45, 7) is 8.64. The number of rotatable bonds is 6. The highest BCUT2D eigenvalue weighted by Crippen LogP contribution is 2.43. The second kappa shape index (κ2) is 13.7. The zero-order chi connectivity index (χ0) is 38.7. The van der Waals surface area contributed by atoms with Gasteiger partial charge in [0.2, 0.25) is 0 Å². The lowest BCUT2D eigenvalue weighted by atomic mass is 9.87. The van der Waals surface area contributed by atoms with Crippen molar-refractivity contribution in [3.05, 3.63) is 218 Å². The number of allylic oxidation sites excluding steroid dienone is 8. The Bertz CT molecular complexity index is 3440. The minimum absolute atomic E-state index is 0.934. The van der Waals surface area contributed by atoms with E-state index in [0.29, 0.717) is 0 Å². The SMILES string of the molecule is C=C/C=C\C(=C)c1cccc(-c2ccc3ccc4cccc5ccc2c3c45)ccc(C2=CC=CCC2)c2ccc(-c3ccc4ccc5cccc6ccc3c4c56)cc12. The van der Waals surface area contributed by atoms with Crippen LogP contribution in [0.3, 0.4) is 0 Å². The molecule has 11 rings (SSSR count). The van der Waals surface area contributed by atoms with Crippen LogP contribution in [-0.4, -0.2) is 0 Å². The molecule has 0 heterocycles. The van der Waals surface area contributed by atoms with Crippen molar-refractivity contribution in [1.29, 1.82) is 0 Å². The molecule has 0 nitrogen and oxygen atoms in total. The summed E-state index contributed by atoms with van der Waals surface area (Å²) in [5.41, 5.74) is 9.39. The van der Waals surface area contributed by atoms with Gasteiger partial charge in [0.1, 0.15) is 0 Å². The van der Waals surface area contributed by atoms with E-state index in [4.69, 9.17) is 0 Å². The van der Waals surface area contributed by atoms with Gasteiger partial charge in [0.25, 0.3) is 0 Å². The highest BCUT2D eigenvalue weighted by molar-refractivity contribution is 6.27. The van der Waals surface area contributed by atoms with Gasteiger partial charge in [-0.25, -0.2) is 0 Å². The molecular formula is C58H40. The average Bonchev–Trinajstić information content (AvgIpc) is 3.28. The van der Waals surface area contributed by atoms with Gasteiger partial charge >= 0.3 is 0 Å². The van der Waals surface area contributed by atoms with E-state index in [0.717, 1.165) is 29.4 Å². The first-order valence-electron chi connectivity index (χ1n) is 20.3. The van der Waals surface area contributed by atoms with Crippen LogP contribution < -0.4 is 0 Å². The summed E-state index contributed by atoms with van der Waals surface area (Å²) >= 11 is 0. The van der Waals surface area contributed by atoms with E-state index in [2.05, 4.69) is 195 Å². The summed E-state index contributed by atoms with van der Waals surface area (Å²) in [4.78, 5) is 0. The minimum Gasteiger partial charge on any atom is -0.0991 e. The Morgan fingerprint density at radius 1 is 0.466 bits per heavy atom. The number of fused-ring (bicyclic) bond motifs is 1. The van der Waals surface area contributed by atoms with E-state index < -0.39 is 0 Å². The summed E-state index contributed by atoms with van der Waals surface area (Å²) in [6.07, 6.45) is 14.7. The monoisotopic (exact) mass is 736 g/mol. The summed E-state index contributed by atoms with van der Waals surface area (Å²) in [7, 11) is 0. The van der Waals surface area contributed by atoms with E-state index in [1.807, 2.05) is 12.2 Å². The van der Waals surface area contributed by atoms with Gasteiger partial charge in [-0.1, -0.05) is 201 Å². The topological polar surface area (TPSA) is 0 Å². The van der Waals surface area contributed by atoms with E-state index in [1.54, 1.807) is 0 Å². The zero-order valence-corrected chi connectivity index (χ0v) is 32.3. The molecule has 0 aliphatic heterocycles. The van der Waals surface area contributed by atoms with Crippen LogP contribution in [0.1, 0.15) is 24.0 Å². The molecule has 0 atom stereocenters. The maximum Gasteiger partial charge on any atom is -0.00206 e. The maximum absolute atomic E-state index is 4.65. The highest BCUT2D eigenvalue weighted by atomic mass is 14.2. The molecule has 0 saturated carbocycles. The molecule has 0 heteroatoms. The van der Waals surface area contributed by atoms with Crippen molar-refractivity contribution in [2.45, 2.75) is 12.8 Å². The van der Waals surface area contributed by atoms with Crippen molar-refractivity contribution in [2.24, 2.45) is 0 Å². The van der Waals surface area contributed by atoms with Crippen LogP contribution >= 0.6 is 0 Å². The van der Waals surface area contributed by atoms with Gasteiger partial charge in [-0.2, -0.15) is 0 Å². The van der Waals surface area contributed by atoms with Gasteiger partial charge in [-0.3, -0.25) is 0 Å². The van der Waals surface area contributed by atoms with Crippen molar-refractivity contribution in [3.63, 3.8) is 0 Å². The van der Waals surface area contributed by atoms with Crippen LogP contribution in [0.15, 0.2) is 207 Å². The molecule has 0 aromatic heterocycles. The van der Waals surface area contributed by atoms with Gasteiger partial charge < -0.3 is 0 Å². The minimum atomic E-state index is 0.934. The van der Waals surface area contributed by atoms with E-state index in [-0.39, 0.29) is 0 Å². The van der Waals surface area contributed by atoms with Crippen LogP contribution in [0.4, 0.5) is 0 Å². The lowest BCUT2D eigenvalue weighted by molar-refractivity contribution is 1.06. The van der Waals surface area contributed by atoms with E-state index in [1.165, 1.54) is 103 Å². The molecule has 0 fully saturated rings. The van der Waals surface area contributed by atoms with Gasteiger partial charge in [-0.05, 0) is 139 Å². The van der Waals surface area contributed by atoms with Crippen LogP contribution in [0.2, 0.25) is 0 Å². The number of hydrogen-bond acceptors (Lipinski definition) is 0. The molecule has 0 radical (unpaired) electrons. The molecule has 10 aromatic rings. The Kier molecular flexibility index (Phi) is 8.05. The summed E-state index contributed by atoms with van der Waals surface area (Å²) < 4.78 is 0. The van der Waals surface area contributed by atoms with Crippen LogP contribution in [-0.2, 0) is 0 Å². The fourth-order valence-electron chi connectivity index (χ4n) is 9.64. The standard InChI is InChI=1S/C58H40/c1-3-4-11-37(2)47-19-10-14-39(49-31-25-44-22-20-40-15-8-17-42-27-34-52(49)57(44)55(40)42)24-30-48(38-12-6-5-7-13-38)51-33-29-46(36-54(47)51)50-32-26-45-23-21-41-16-9-18-43-28-35-53(50)58(45)56(41)43/h3-6,8-12,14-36H,1-2,7,13H2/b11-4-,14-10?,19-10?,30-24?,39-14?,39-24?,47-19?,48-30?,51-48?,54-47?. The Hall–Kier alpha value is -7.28. The third-order valence-corrected chi connectivity index (χ3v) is 12.4. The summed E-state index contributed by atoms with van der Waals surface area (Å²) in [5, 5.41) is 17.9. The van der Waals surface area contributed by atoms with Crippen molar-refractivity contribution in [2.75, 3.05) is 0 Å². The lowest BCUT2D eigenvalue weighted by Gasteiger charge is -2.17. The third kappa shape index (κ3) is 5.45. The first kappa shape index (κ1) is 34.0. The predicted molar refractivity (Wildman–Crippen MR) is 255 cm³/mol. The number of hydrogen-bond donors (Lipinski definition) is 0. The van der Waals surface area contributed by atoms with Crippen LogP contribution in [0.5, 0.6) is 0 Å². The Morgan fingerprint density at radius 3 is 1.59 bits per heavy atom. The molecule has 0 unspecified atom stereocenters. The molecule has 0 bridgehead atoms. The van der Waals surface area contributed by atoms with Crippen LogP contribution in [0, 0.1) is 0 Å². The molecule has 10 aromatic carbocycles. The van der Waals surface area contributed by atoms with Gasteiger partial charge in [0.05, 0.1) is 0 Å². The maximum atomic E-state index is 4.65. The molecule has 1 aliphatic carbocycles. The molecule has 58 heavy (non-hydrogen) atoms. The first-order valence-corrected chi connectivity index (χ1v) is 20.3. The van der Waals surface area contributed by atoms with Gasteiger partial charge in [0, 0.05) is 0 Å². The van der Waals surface area contributed by atoms with Gasteiger partial charge in [-0.15, -0.1) is 0 Å². The quantitative estimate of drug-likeness (QED) is 0.118. The molecular weight excluding hydrogens is 697 g/mol. The van der Waals surface area contributed by atoms with Crippen molar-refractivity contribution >= 4 is 86.6 Å². The summed E-state index contributed by atoms with van der Waals surface area (Å²) in [5.74, 6) is 0. The fourth-order valence-corrected chi connectivity index (χ4v) is 9.64. The molecule has 1 aliphatic rings. The lowest BCUT2D eigenvalue weighted by Crippen LogP contribution is -1.92. The van der Waals surface area contributed by atoms with Crippen molar-refractivity contribution < 1.29 is 0 Å². The molecule has 0 saturated heterocycles. The second-order valence-corrected chi connectivity index (χ2v) is 15.6. The first-order chi connectivity index (χ1) is 28.6. The zero-order valence-electron chi connectivity index (χ0n) is 32.3. The Morgan fingerprint density at radius 2 is 0.983 bits per heavy atom. The third-order valence-electron chi connectivity index (χ3n) is 12.4. The Labute approximate surface area is 338 Å². The molecule has 0 spiro atoms. The predicted octanol–water partition coefficient (Wildman–Crippen LogP) is 16.6. The second-order valence-electron chi connectivity index (χ2n) is 15.6. The smallest absolute Gasteiger partial charge is 0.00206 e. The Balaban J connectivity index is 1.20. The van der Waals surface area contributed by atoms with E-state index in [9.17, 15) is 0 Å². The normalized spacial score (nSPS) is 13.1. The van der Waals surface area contributed by atoms with Crippen molar-refractivity contribution in [3.8, 4) is 22.3 Å². The molecule has 0 N–H and O–H groups in total. The largest absolute Gasteiger partial charge is 0.0991 e. The average molecular weight is 737 g/mol. The van der Waals surface area contributed by atoms with Crippen LogP contribution in [0.25, 0.3) is 109 Å². The number of benzene rings is 9. The van der Waals surface area contributed by atoms with E-state index >= 15 is 0 Å². The molecule has 272 valence electrons.